The van der Waals surface area contributed by atoms with Gasteiger partial charge in [0.2, 0.25) is 0 Å². The first kappa shape index (κ1) is 26.3. The van der Waals surface area contributed by atoms with E-state index in [9.17, 15) is 14.9 Å². The van der Waals surface area contributed by atoms with Crippen molar-refractivity contribution in [3.05, 3.63) is 123 Å². The van der Waals surface area contributed by atoms with E-state index in [0.717, 1.165) is 39.1 Å². The fourth-order valence-electron chi connectivity index (χ4n) is 5.08. The number of hydrogen-bond donors (Lipinski definition) is 1. The Morgan fingerprint density at radius 3 is 2.66 bits per heavy atom. The number of para-hydroxylation sites is 1. The van der Waals surface area contributed by atoms with Crippen molar-refractivity contribution in [3.63, 3.8) is 0 Å². The molecular formula is C31H26N6O3S. The number of benzene rings is 2. The van der Waals surface area contributed by atoms with E-state index in [-0.39, 0.29) is 11.6 Å². The minimum Gasteiger partial charge on any atom is -0.361 e. The number of amides is 1. The van der Waals surface area contributed by atoms with Gasteiger partial charge in [0.05, 0.1) is 27.4 Å². The topological polar surface area (TPSA) is 109 Å². The van der Waals surface area contributed by atoms with Crippen molar-refractivity contribution in [2.75, 3.05) is 6.54 Å². The minimum absolute atomic E-state index is 0.00940. The molecule has 6 rings (SSSR count). The molecule has 2 aromatic carbocycles. The molecule has 204 valence electrons. The van der Waals surface area contributed by atoms with Crippen LogP contribution in [0.3, 0.4) is 0 Å². The summed E-state index contributed by atoms with van der Waals surface area (Å²) in [7, 11) is 0. The number of non-ortho nitro benzene ring substituents is 1. The summed E-state index contributed by atoms with van der Waals surface area (Å²) in [6, 6.07) is 20.1. The molecule has 1 aliphatic rings. The van der Waals surface area contributed by atoms with Gasteiger partial charge in [0, 0.05) is 53.4 Å². The second-order valence-electron chi connectivity index (χ2n) is 9.72. The molecule has 9 nitrogen and oxygen atoms in total. The molecule has 0 atom stereocenters. The maximum Gasteiger partial charge on any atom is 0.269 e. The van der Waals surface area contributed by atoms with Gasteiger partial charge in [0.15, 0.2) is 5.17 Å². The van der Waals surface area contributed by atoms with Gasteiger partial charge in [-0.1, -0.05) is 18.2 Å². The van der Waals surface area contributed by atoms with E-state index < -0.39 is 4.92 Å². The zero-order chi connectivity index (χ0) is 28.5. The first-order chi connectivity index (χ1) is 19.9. The van der Waals surface area contributed by atoms with Crippen molar-refractivity contribution in [1.82, 2.24) is 19.4 Å². The lowest BCUT2D eigenvalue weighted by Crippen LogP contribution is -2.31. The molecule has 0 spiro atoms. The summed E-state index contributed by atoms with van der Waals surface area (Å²) < 4.78 is 2.12. The number of nitro benzene ring substituents is 1. The first-order valence-corrected chi connectivity index (χ1v) is 13.9. The number of aromatic amines is 1. The van der Waals surface area contributed by atoms with Crippen molar-refractivity contribution in [2.45, 2.75) is 20.3 Å². The molecule has 1 fully saturated rings. The maximum absolute atomic E-state index is 13.8. The highest BCUT2D eigenvalue weighted by Crippen LogP contribution is 2.36. The van der Waals surface area contributed by atoms with Crippen molar-refractivity contribution in [3.8, 4) is 5.69 Å². The summed E-state index contributed by atoms with van der Waals surface area (Å²) in [5.74, 6) is -0.123. The molecule has 0 unspecified atom stereocenters. The summed E-state index contributed by atoms with van der Waals surface area (Å²) in [4.78, 5) is 39.0. The van der Waals surface area contributed by atoms with Gasteiger partial charge in [0.25, 0.3) is 11.6 Å². The van der Waals surface area contributed by atoms with E-state index in [1.807, 2.05) is 62.6 Å². The first-order valence-electron chi connectivity index (χ1n) is 13.1. The van der Waals surface area contributed by atoms with Crippen molar-refractivity contribution in [2.24, 2.45) is 4.99 Å². The molecule has 10 heteroatoms. The number of aryl methyl sites for hydroxylation is 1. The summed E-state index contributed by atoms with van der Waals surface area (Å²) in [5, 5.41) is 12.8. The summed E-state index contributed by atoms with van der Waals surface area (Å²) >= 11 is 1.31. The Bertz CT molecular complexity index is 1840. The van der Waals surface area contributed by atoms with Gasteiger partial charge >= 0.3 is 0 Å². The highest BCUT2D eigenvalue weighted by Gasteiger charge is 2.33. The van der Waals surface area contributed by atoms with E-state index in [1.54, 1.807) is 23.2 Å². The van der Waals surface area contributed by atoms with Crippen molar-refractivity contribution < 1.29 is 9.72 Å². The number of pyridine rings is 1. The number of carbonyl (C=O) groups excluding carboxylic acids is 1. The highest BCUT2D eigenvalue weighted by molar-refractivity contribution is 8.18. The third kappa shape index (κ3) is 5.17. The largest absolute Gasteiger partial charge is 0.361 e. The predicted octanol–water partition coefficient (Wildman–Crippen LogP) is 6.73. The molecule has 1 N–H and O–H groups in total. The van der Waals surface area contributed by atoms with Crippen LogP contribution in [0.4, 0.5) is 11.4 Å². The summed E-state index contributed by atoms with van der Waals surface area (Å²) in [5.41, 5.74) is 6.63. The van der Waals surface area contributed by atoms with E-state index in [2.05, 4.69) is 26.7 Å². The lowest BCUT2D eigenvalue weighted by molar-refractivity contribution is -0.384. The Morgan fingerprint density at radius 1 is 1.10 bits per heavy atom. The molecule has 41 heavy (non-hydrogen) atoms. The smallest absolute Gasteiger partial charge is 0.269 e. The van der Waals surface area contributed by atoms with Gasteiger partial charge in [-0.25, -0.2) is 4.99 Å². The molecule has 1 aliphatic heterocycles. The lowest BCUT2D eigenvalue weighted by Gasteiger charge is -2.15. The number of hydrogen-bond acceptors (Lipinski definition) is 6. The molecule has 4 heterocycles. The van der Waals surface area contributed by atoms with Gasteiger partial charge in [-0.15, -0.1) is 0 Å². The second kappa shape index (κ2) is 10.9. The van der Waals surface area contributed by atoms with Gasteiger partial charge < -0.3 is 9.55 Å². The number of H-pyrrole nitrogens is 1. The third-order valence-electron chi connectivity index (χ3n) is 7.11. The number of rotatable bonds is 7. The van der Waals surface area contributed by atoms with Crippen molar-refractivity contribution >= 4 is 51.2 Å². The summed E-state index contributed by atoms with van der Waals surface area (Å²) in [6.07, 6.45) is 8.09. The van der Waals surface area contributed by atoms with Crippen LogP contribution in [0.5, 0.6) is 0 Å². The number of nitrogens with zero attached hydrogens (tertiary/aromatic N) is 5. The van der Waals surface area contributed by atoms with Crippen LogP contribution >= 0.6 is 11.8 Å². The number of aliphatic imine (C=N–C) groups is 1. The SMILES string of the molecule is Cc1cc(/C=C2\SC(=Nc3ccc([N+](=O)[O-])cc3)N(CCc3c[nH]c4ccccc34)C2=O)c(C)n1-c1cccnc1. The Labute approximate surface area is 240 Å². The number of nitrogens with one attached hydrogen (secondary N) is 1. The Hall–Kier alpha value is -4.96. The standard InChI is InChI=1S/C31H26N6O3S/c1-20-16-23(21(2)36(20)26-6-5-14-32-19-26)17-29-30(38)35(15-13-22-18-33-28-8-4-3-7-27(22)28)31(41-29)34-24-9-11-25(12-10-24)37(39)40/h3-12,14,16-19,33H,13,15H2,1-2H3/b29-17-,34-31?. The number of fused-ring (bicyclic) bond motifs is 1. The normalized spacial score (nSPS) is 15.5. The number of thioether (sulfide) groups is 1. The quantitative estimate of drug-likeness (QED) is 0.134. The number of nitro groups is 1. The van der Waals surface area contributed by atoms with Crippen LogP contribution in [-0.2, 0) is 11.2 Å². The molecule has 5 aromatic rings. The van der Waals surface area contributed by atoms with E-state index in [0.29, 0.717) is 28.7 Å². The number of aromatic nitrogens is 3. The van der Waals surface area contributed by atoms with E-state index >= 15 is 0 Å². The molecule has 0 bridgehead atoms. The Morgan fingerprint density at radius 2 is 1.90 bits per heavy atom. The average molecular weight is 563 g/mol. The molecule has 0 aliphatic carbocycles. The molecule has 1 amide bonds. The monoisotopic (exact) mass is 562 g/mol. The van der Waals surface area contributed by atoms with E-state index in [4.69, 9.17) is 4.99 Å². The molecule has 0 radical (unpaired) electrons. The lowest BCUT2D eigenvalue weighted by atomic mass is 10.1. The van der Waals surface area contributed by atoms with Crippen LogP contribution in [0.15, 0.2) is 95.2 Å². The zero-order valence-electron chi connectivity index (χ0n) is 22.4. The van der Waals surface area contributed by atoms with E-state index in [1.165, 1.54) is 23.9 Å². The number of amidine groups is 1. The minimum atomic E-state index is -0.443. The predicted molar refractivity (Wildman–Crippen MR) is 163 cm³/mol. The second-order valence-corrected chi connectivity index (χ2v) is 10.7. The van der Waals surface area contributed by atoms with Crippen LogP contribution in [-0.4, -0.2) is 42.0 Å². The Balaban J connectivity index is 1.34. The third-order valence-corrected chi connectivity index (χ3v) is 8.12. The van der Waals surface area contributed by atoms with Crippen molar-refractivity contribution in [1.29, 1.82) is 0 Å². The fraction of sp³-hybridized carbons (Fsp3) is 0.129. The summed E-state index contributed by atoms with van der Waals surface area (Å²) in [6.45, 7) is 4.49. The number of carbonyl (C=O) groups is 1. The van der Waals surface area contributed by atoms with Crippen LogP contribution in [0.2, 0.25) is 0 Å². The van der Waals surface area contributed by atoms with Crippen LogP contribution in [0, 0.1) is 24.0 Å². The van der Waals surface area contributed by atoms with Crippen LogP contribution < -0.4 is 0 Å². The molecule has 1 saturated heterocycles. The van der Waals surface area contributed by atoms with Gasteiger partial charge in [0.1, 0.15) is 0 Å². The molecule has 0 saturated carbocycles. The average Bonchev–Trinajstić information content (AvgIpc) is 3.61. The maximum atomic E-state index is 13.8. The van der Waals surface area contributed by atoms with Gasteiger partial charge in [-0.3, -0.25) is 24.8 Å². The molecule has 3 aromatic heterocycles. The fourth-order valence-corrected chi connectivity index (χ4v) is 6.09. The van der Waals surface area contributed by atoms with Crippen LogP contribution in [0.1, 0.15) is 22.5 Å². The van der Waals surface area contributed by atoms with Crippen LogP contribution in [0.25, 0.3) is 22.7 Å². The van der Waals surface area contributed by atoms with Gasteiger partial charge in [-0.2, -0.15) is 0 Å². The Kier molecular flexibility index (Phi) is 6.98. The molecular weight excluding hydrogens is 536 g/mol. The van der Waals surface area contributed by atoms with Gasteiger partial charge in [-0.05, 0) is 85.6 Å². The highest BCUT2D eigenvalue weighted by atomic mass is 32.2. The zero-order valence-corrected chi connectivity index (χ0v) is 23.3.